The van der Waals surface area contributed by atoms with Crippen LogP contribution < -0.4 is 20.5 Å². The van der Waals surface area contributed by atoms with Gasteiger partial charge in [-0.1, -0.05) is 0 Å². The van der Waals surface area contributed by atoms with E-state index in [9.17, 15) is 9.18 Å². The van der Waals surface area contributed by atoms with Gasteiger partial charge in [-0.05, 0) is 30.3 Å². The summed E-state index contributed by atoms with van der Waals surface area (Å²) in [6, 6.07) is 8.45. The van der Waals surface area contributed by atoms with Crippen LogP contribution in [0.3, 0.4) is 0 Å². The van der Waals surface area contributed by atoms with E-state index in [-0.39, 0.29) is 17.1 Å². The predicted octanol–water partition coefficient (Wildman–Crippen LogP) is 2.68. The Morgan fingerprint density at radius 3 is 2.24 bits per heavy atom. The number of ether oxygens (including phenoxy) is 2. The highest BCUT2D eigenvalue weighted by Crippen LogP contribution is 2.32. The molecule has 0 spiro atoms. The number of hydrogen-bond acceptors (Lipinski definition) is 4. The molecule has 1 amide bonds. The van der Waals surface area contributed by atoms with Crippen LogP contribution in [0.2, 0.25) is 0 Å². The Bertz CT molecular complexity index is 657. The summed E-state index contributed by atoms with van der Waals surface area (Å²) >= 11 is 0. The van der Waals surface area contributed by atoms with E-state index in [0.717, 1.165) is 0 Å². The Kier molecular flexibility index (Phi) is 4.27. The first kappa shape index (κ1) is 14.6. The van der Waals surface area contributed by atoms with Crippen LogP contribution in [0.1, 0.15) is 10.4 Å². The topological polar surface area (TPSA) is 73.6 Å². The minimum absolute atomic E-state index is 0.247. The largest absolute Gasteiger partial charge is 0.493 e. The fourth-order valence-corrected chi connectivity index (χ4v) is 1.82. The number of nitrogens with two attached hydrogens (primary N) is 1. The molecule has 0 aromatic heterocycles. The van der Waals surface area contributed by atoms with Gasteiger partial charge in [0.1, 0.15) is 5.82 Å². The number of amides is 1. The predicted molar refractivity (Wildman–Crippen MR) is 78.3 cm³/mol. The van der Waals surface area contributed by atoms with E-state index in [0.29, 0.717) is 17.2 Å². The molecule has 0 bridgehead atoms. The molecule has 5 nitrogen and oxygen atoms in total. The zero-order valence-corrected chi connectivity index (χ0v) is 11.6. The lowest BCUT2D eigenvalue weighted by atomic mass is 10.1. The zero-order valence-electron chi connectivity index (χ0n) is 11.6. The second kappa shape index (κ2) is 6.13. The number of halogens is 1. The molecule has 3 N–H and O–H groups in total. The fourth-order valence-electron chi connectivity index (χ4n) is 1.82. The lowest BCUT2D eigenvalue weighted by Gasteiger charge is -2.12. The molecule has 0 heterocycles. The summed E-state index contributed by atoms with van der Waals surface area (Å²) in [6.07, 6.45) is 0. The van der Waals surface area contributed by atoms with Gasteiger partial charge in [0.2, 0.25) is 0 Å². The third-order valence-electron chi connectivity index (χ3n) is 2.90. The van der Waals surface area contributed by atoms with Crippen LogP contribution in [0, 0.1) is 5.82 Å². The standard InChI is InChI=1S/C15H15FN2O3/c1-20-13-7-11(12(17)8-14(13)21-2)15(19)18-10-5-3-9(16)4-6-10/h3-8H,17H2,1-2H3,(H,18,19). The lowest BCUT2D eigenvalue weighted by Crippen LogP contribution is -2.14. The maximum absolute atomic E-state index is 12.8. The van der Waals surface area contributed by atoms with Gasteiger partial charge in [0.05, 0.1) is 19.8 Å². The number of methoxy groups -OCH3 is 2. The van der Waals surface area contributed by atoms with Crippen molar-refractivity contribution in [2.45, 2.75) is 0 Å². The summed E-state index contributed by atoms with van der Waals surface area (Å²) in [5.74, 6) is 0.0444. The Hall–Kier alpha value is -2.76. The van der Waals surface area contributed by atoms with Crippen molar-refractivity contribution in [1.29, 1.82) is 0 Å². The van der Waals surface area contributed by atoms with Gasteiger partial charge in [0, 0.05) is 17.4 Å². The molecule has 0 aliphatic heterocycles. The van der Waals surface area contributed by atoms with Crippen molar-refractivity contribution in [3.05, 3.63) is 47.8 Å². The number of anilines is 2. The van der Waals surface area contributed by atoms with Crippen molar-refractivity contribution in [3.63, 3.8) is 0 Å². The minimum Gasteiger partial charge on any atom is -0.493 e. The van der Waals surface area contributed by atoms with Crippen LogP contribution in [0.25, 0.3) is 0 Å². The number of carbonyl (C=O) groups is 1. The number of nitrogen functional groups attached to an aromatic ring is 1. The molecule has 0 aliphatic carbocycles. The maximum atomic E-state index is 12.8. The monoisotopic (exact) mass is 290 g/mol. The minimum atomic E-state index is -0.417. The molecule has 0 saturated carbocycles. The van der Waals surface area contributed by atoms with Gasteiger partial charge in [0.25, 0.3) is 5.91 Å². The molecular formula is C15H15FN2O3. The first-order valence-corrected chi connectivity index (χ1v) is 6.13. The second-order valence-corrected chi connectivity index (χ2v) is 4.26. The summed E-state index contributed by atoms with van der Waals surface area (Å²) < 4.78 is 23.1. The van der Waals surface area contributed by atoms with Crippen molar-refractivity contribution >= 4 is 17.3 Å². The van der Waals surface area contributed by atoms with Gasteiger partial charge in [-0.3, -0.25) is 4.79 Å². The molecule has 0 radical (unpaired) electrons. The van der Waals surface area contributed by atoms with E-state index in [1.54, 1.807) is 0 Å². The van der Waals surface area contributed by atoms with Crippen LogP contribution in [0.4, 0.5) is 15.8 Å². The Balaban J connectivity index is 2.28. The van der Waals surface area contributed by atoms with Crippen LogP contribution in [-0.2, 0) is 0 Å². The molecule has 0 atom stereocenters. The number of carbonyl (C=O) groups excluding carboxylic acids is 1. The fraction of sp³-hybridized carbons (Fsp3) is 0.133. The molecule has 0 aliphatic rings. The van der Waals surface area contributed by atoms with Crippen molar-refractivity contribution in [2.24, 2.45) is 0 Å². The maximum Gasteiger partial charge on any atom is 0.257 e. The Morgan fingerprint density at radius 2 is 1.67 bits per heavy atom. The smallest absolute Gasteiger partial charge is 0.257 e. The van der Waals surface area contributed by atoms with Crippen molar-refractivity contribution < 1.29 is 18.7 Å². The summed E-state index contributed by atoms with van der Waals surface area (Å²) in [4.78, 5) is 12.2. The van der Waals surface area contributed by atoms with Crippen LogP contribution >= 0.6 is 0 Å². The third-order valence-corrected chi connectivity index (χ3v) is 2.90. The molecule has 21 heavy (non-hydrogen) atoms. The van der Waals surface area contributed by atoms with Gasteiger partial charge in [-0.15, -0.1) is 0 Å². The Labute approximate surface area is 121 Å². The number of nitrogens with one attached hydrogen (secondary N) is 1. The van der Waals surface area contributed by atoms with E-state index in [1.165, 1.54) is 50.6 Å². The quantitative estimate of drug-likeness (QED) is 0.849. The first-order chi connectivity index (χ1) is 10.0. The van der Waals surface area contributed by atoms with Crippen molar-refractivity contribution in [1.82, 2.24) is 0 Å². The SMILES string of the molecule is COc1cc(N)c(C(=O)Nc2ccc(F)cc2)cc1OC. The molecular weight excluding hydrogens is 275 g/mol. The molecule has 0 fully saturated rings. The molecule has 2 rings (SSSR count). The van der Waals surface area contributed by atoms with Gasteiger partial charge in [-0.25, -0.2) is 4.39 Å². The Morgan fingerprint density at radius 1 is 1.10 bits per heavy atom. The molecule has 0 unspecified atom stereocenters. The summed E-state index contributed by atoms with van der Waals surface area (Å²) in [5, 5.41) is 2.63. The van der Waals surface area contributed by atoms with Gasteiger partial charge < -0.3 is 20.5 Å². The normalized spacial score (nSPS) is 10.0. The molecule has 6 heteroatoms. The number of hydrogen-bond donors (Lipinski definition) is 2. The molecule has 2 aromatic carbocycles. The lowest BCUT2D eigenvalue weighted by molar-refractivity contribution is 0.102. The molecule has 110 valence electrons. The first-order valence-electron chi connectivity index (χ1n) is 6.13. The number of rotatable bonds is 4. The highest BCUT2D eigenvalue weighted by molar-refractivity contribution is 6.08. The van der Waals surface area contributed by atoms with E-state index >= 15 is 0 Å². The zero-order chi connectivity index (χ0) is 15.4. The van der Waals surface area contributed by atoms with E-state index in [2.05, 4.69) is 5.32 Å². The molecule has 0 saturated heterocycles. The number of benzene rings is 2. The second-order valence-electron chi connectivity index (χ2n) is 4.26. The van der Waals surface area contributed by atoms with Gasteiger partial charge in [0.15, 0.2) is 11.5 Å². The average Bonchev–Trinajstić information content (AvgIpc) is 2.49. The highest BCUT2D eigenvalue weighted by Gasteiger charge is 2.15. The van der Waals surface area contributed by atoms with Gasteiger partial charge in [-0.2, -0.15) is 0 Å². The summed E-state index contributed by atoms with van der Waals surface area (Å²) in [5.41, 5.74) is 6.81. The van der Waals surface area contributed by atoms with Crippen molar-refractivity contribution in [2.75, 3.05) is 25.3 Å². The summed E-state index contributed by atoms with van der Waals surface area (Å²) in [7, 11) is 2.95. The van der Waals surface area contributed by atoms with E-state index < -0.39 is 5.91 Å². The van der Waals surface area contributed by atoms with E-state index in [1.807, 2.05) is 0 Å². The van der Waals surface area contributed by atoms with Crippen LogP contribution in [0.15, 0.2) is 36.4 Å². The highest BCUT2D eigenvalue weighted by atomic mass is 19.1. The molecule has 2 aromatic rings. The average molecular weight is 290 g/mol. The van der Waals surface area contributed by atoms with Crippen LogP contribution in [-0.4, -0.2) is 20.1 Å². The van der Waals surface area contributed by atoms with Crippen LogP contribution in [0.5, 0.6) is 11.5 Å². The van der Waals surface area contributed by atoms with Gasteiger partial charge >= 0.3 is 0 Å². The summed E-state index contributed by atoms with van der Waals surface area (Å²) in [6.45, 7) is 0. The third kappa shape index (κ3) is 3.22. The van der Waals surface area contributed by atoms with Crippen molar-refractivity contribution in [3.8, 4) is 11.5 Å². The van der Waals surface area contributed by atoms with E-state index in [4.69, 9.17) is 15.2 Å².